The lowest BCUT2D eigenvalue weighted by Gasteiger charge is -2.38. The Morgan fingerprint density at radius 3 is 2.57 bits per heavy atom. The molecule has 0 radical (unpaired) electrons. The van der Waals surface area contributed by atoms with Crippen molar-refractivity contribution in [2.75, 3.05) is 32.5 Å². The van der Waals surface area contributed by atoms with Crippen molar-refractivity contribution in [2.24, 2.45) is 0 Å². The fourth-order valence-corrected chi connectivity index (χ4v) is 3.88. The lowest BCUT2D eigenvalue weighted by molar-refractivity contribution is -0.160. The summed E-state index contributed by atoms with van der Waals surface area (Å²) in [4.78, 5) is 24.9. The van der Waals surface area contributed by atoms with Crippen LogP contribution in [0.2, 0.25) is 0 Å². The summed E-state index contributed by atoms with van der Waals surface area (Å²) in [5.41, 5.74) is 0. The SMILES string of the molecule is CS(=O)(=O)N1CCCC[C@H]1C(=O)N1CCO[C@@H](C(=O)O)C1. The van der Waals surface area contributed by atoms with Crippen LogP contribution in [0.5, 0.6) is 0 Å². The smallest absolute Gasteiger partial charge is 0.334 e. The second-order valence-corrected chi connectivity index (χ2v) is 7.30. The largest absolute Gasteiger partial charge is 0.479 e. The summed E-state index contributed by atoms with van der Waals surface area (Å²) >= 11 is 0. The Labute approximate surface area is 123 Å². The fourth-order valence-electron chi connectivity index (χ4n) is 2.76. The zero-order chi connectivity index (χ0) is 15.6. The van der Waals surface area contributed by atoms with Crippen LogP contribution in [-0.2, 0) is 24.3 Å². The highest BCUT2D eigenvalue weighted by Crippen LogP contribution is 2.22. The van der Waals surface area contributed by atoms with E-state index in [1.807, 2.05) is 0 Å². The number of nitrogens with zero attached hydrogens (tertiary/aromatic N) is 2. The van der Waals surface area contributed by atoms with E-state index in [0.29, 0.717) is 13.0 Å². The Balaban J connectivity index is 2.12. The Kier molecular flexibility index (Phi) is 4.84. The molecule has 9 heteroatoms. The number of carboxylic acid groups (broad SMARTS) is 1. The number of morpholine rings is 1. The molecule has 2 rings (SSSR count). The molecule has 0 unspecified atom stereocenters. The maximum atomic E-state index is 12.5. The third-order valence-corrected chi connectivity index (χ3v) is 5.11. The number of amides is 1. The first-order valence-electron chi connectivity index (χ1n) is 6.90. The zero-order valence-electron chi connectivity index (χ0n) is 11.9. The van der Waals surface area contributed by atoms with E-state index < -0.39 is 28.1 Å². The van der Waals surface area contributed by atoms with Gasteiger partial charge in [0.1, 0.15) is 6.04 Å². The minimum Gasteiger partial charge on any atom is -0.479 e. The molecule has 2 saturated heterocycles. The molecule has 0 aromatic heterocycles. The second-order valence-electron chi connectivity index (χ2n) is 5.37. The third kappa shape index (κ3) is 3.72. The Morgan fingerprint density at radius 1 is 1.24 bits per heavy atom. The normalized spacial score (nSPS) is 28.3. The number of aliphatic carboxylic acids is 1. The monoisotopic (exact) mass is 320 g/mol. The molecule has 2 atom stereocenters. The van der Waals surface area contributed by atoms with Gasteiger partial charge in [0, 0.05) is 13.1 Å². The zero-order valence-corrected chi connectivity index (χ0v) is 12.7. The third-order valence-electron chi connectivity index (χ3n) is 3.82. The number of carbonyl (C=O) groups is 2. The van der Waals surface area contributed by atoms with Gasteiger partial charge < -0.3 is 14.7 Å². The molecular weight excluding hydrogens is 300 g/mol. The molecule has 0 aliphatic carbocycles. The molecule has 0 aromatic carbocycles. The van der Waals surface area contributed by atoms with E-state index in [1.165, 1.54) is 9.21 Å². The van der Waals surface area contributed by atoms with Gasteiger partial charge in [-0.1, -0.05) is 6.42 Å². The first kappa shape index (κ1) is 16.2. The summed E-state index contributed by atoms with van der Waals surface area (Å²) in [6, 6.07) is -0.721. The minimum atomic E-state index is -3.45. The van der Waals surface area contributed by atoms with Crippen molar-refractivity contribution in [3.05, 3.63) is 0 Å². The molecule has 21 heavy (non-hydrogen) atoms. The molecule has 2 heterocycles. The van der Waals surface area contributed by atoms with Crippen LogP contribution in [0.4, 0.5) is 0 Å². The molecule has 120 valence electrons. The van der Waals surface area contributed by atoms with Gasteiger partial charge in [-0.15, -0.1) is 0 Å². The van der Waals surface area contributed by atoms with E-state index >= 15 is 0 Å². The predicted octanol–water partition coefficient (Wildman–Crippen LogP) is -0.887. The first-order valence-corrected chi connectivity index (χ1v) is 8.75. The van der Waals surface area contributed by atoms with Crippen LogP contribution in [0.3, 0.4) is 0 Å². The van der Waals surface area contributed by atoms with E-state index in [0.717, 1.165) is 19.1 Å². The van der Waals surface area contributed by atoms with Gasteiger partial charge in [0.25, 0.3) is 0 Å². The number of hydrogen-bond acceptors (Lipinski definition) is 5. The molecule has 8 nitrogen and oxygen atoms in total. The number of rotatable bonds is 3. The molecule has 2 fully saturated rings. The average molecular weight is 320 g/mol. The number of carboxylic acids is 1. The van der Waals surface area contributed by atoms with Crippen LogP contribution in [0.25, 0.3) is 0 Å². The van der Waals surface area contributed by atoms with Crippen molar-refractivity contribution >= 4 is 21.9 Å². The van der Waals surface area contributed by atoms with Crippen molar-refractivity contribution in [3.63, 3.8) is 0 Å². The quantitative estimate of drug-likeness (QED) is 0.723. The summed E-state index contributed by atoms with van der Waals surface area (Å²) in [7, 11) is -3.45. The maximum Gasteiger partial charge on any atom is 0.334 e. The van der Waals surface area contributed by atoms with Crippen molar-refractivity contribution in [1.29, 1.82) is 0 Å². The first-order chi connectivity index (χ1) is 9.80. The van der Waals surface area contributed by atoms with Gasteiger partial charge >= 0.3 is 5.97 Å². The summed E-state index contributed by atoms with van der Waals surface area (Å²) in [5, 5.41) is 8.96. The van der Waals surface area contributed by atoms with Gasteiger partial charge in [0.05, 0.1) is 19.4 Å². The minimum absolute atomic E-state index is 0.0394. The molecule has 1 N–H and O–H groups in total. The highest BCUT2D eigenvalue weighted by molar-refractivity contribution is 7.88. The average Bonchev–Trinajstić information content (AvgIpc) is 2.45. The van der Waals surface area contributed by atoms with Gasteiger partial charge in [0.2, 0.25) is 15.9 Å². The summed E-state index contributed by atoms with van der Waals surface area (Å²) in [6.07, 6.45) is 2.05. The van der Waals surface area contributed by atoms with Crippen LogP contribution in [0.1, 0.15) is 19.3 Å². The number of hydrogen-bond donors (Lipinski definition) is 1. The highest BCUT2D eigenvalue weighted by Gasteiger charge is 2.39. The van der Waals surface area contributed by atoms with Gasteiger partial charge in [-0.3, -0.25) is 4.79 Å². The van der Waals surface area contributed by atoms with Crippen LogP contribution in [0, 0.1) is 0 Å². The Bertz CT molecular complexity index is 520. The molecule has 0 saturated carbocycles. The maximum absolute atomic E-state index is 12.5. The topological polar surface area (TPSA) is 104 Å². The van der Waals surface area contributed by atoms with Crippen molar-refractivity contribution in [2.45, 2.75) is 31.4 Å². The molecular formula is C12H20N2O6S. The molecule has 0 bridgehead atoms. The standard InChI is InChI=1S/C12H20N2O6S/c1-21(18,19)14-5-3-2-4-9(14)11(15)13-6-7-20-10(8-13)12(16)17/h9-10H,2-8H2,1H3,(H,16,17)/t9-,10+/m0/s1. The van der Waals surface area contributed by atoms with Gasteiger partial charge in [-0.2, -0.15) is 4.31 Å². The van der Waals surface area contributed by atoms with Crippen molar-refractivity contribution in [3.8, 4) is 0 Å². The summed E-state index contributed by atoms with van der Waals surface area (Å²) in [6.45, 7) is 0.731. The predicted molar refractivity (Wildman–Crippen MR) is 73.1 cm³/mol. The van der Waals surface area contributed by atoms with Crippen molar-refractivity contribution in [1.82, 2.24) is 9.21 Å². The van der Waals surface area contributed by atoms with E-state index in [1.54, 1.807) is 0 Å². The molecule has 2 aliphatic heterocycles. The van der Waals surface area contributed by atoms with E-state index in [4.69, 9.17) is 9.84 Å². The molecule has 2 aliphatic rings. The lowest BCUT2D eigenvalue weighted by Crippen LogP contribution is -2.57. The Hall–Kier alpha value is -1.19. The summed E-state index contributed by atoms with van der Waals surface area (Å²) < 4.78 is 29.9. The molecule has 1 amide bonds. The van der Waals surface area contributed by atoms with Crippen LogP contribution < -0.4 is 0 Å². The van der Waals surface area contributed by atoms with Crippen molar-refractivity contribution < 1.29 is 27.9 Å². The van der Waals surface area contributed by atoms with Crippen LogP contribution >= 0.6 is 0 Å². The second kappa shape index (κ2) is 6.29. The van der Waals surface area contributed by atoms with Gasteiger partial charge in [-0.25, -0.2) is 13.2 Å². The van der Waals surface area contributed by atoms with Gasteiger partial charge in [0.15, 0.2) is 6.10 Å². The van der Waals surface area contributed by atoms with Gasteiger partial charge in [-0.05, 0) is 12.8 Å². The van der Waals surface area contributed by atoms with Crippen LogP contribution in [-0.4, -0.2) is 79.2 Å². The van der Waals surface area contributed by atoms with E-state index in [9.17, 15) is 18.0 Å². The lowest BCUT2D eigenvalue weighted by atomic mass is 10.0. The molecule has 0 spiro atoms. The van der Waals surface area contributed by atoms with E-state index in [-0.39, 0.29) is 25.6 Å². The Morgan fingerprint density at radius 2 is 1.95 bits per heavy atom. The number of piperidine rings is 1. The number of carbonyl (C=O) groups excluding carboxylic acids is 1. The number of ether oxygens (including phenoxy) is 1. The fraction of sp³-hybridized carbons (Fsp3) is 0.833. The van der Waals surface area contributed by atoms with Crippen LogP contribution in [0.15, 0.2) is 0 Å². The van der Waals surface area contributed by atoms with E-state index in [2.05, 4.69) is 0 Å². The highest BCUT2D eigenvalue weighted by atomic mass is 32.2. The summed E-state index contributed by atoms with van der Waals surface area (Å²) in [5.74, 6) is -1.44. The molecule has 0 aromatic rings. The number of sulfonamides is 1.